The summed E-state index contributed by atoms with van der Waals surface area (Å²) >= 11 is 0. The van der Waals surface area contributed by atoms with Crippen LogP contribution in [0.25, 0.3) is 6.08 Å². The quantitative estimate of drug-likeness (QED) is 0.507. The third-order valence-corrected chi connectivity index (χ3v) is 5.38. The first-order valence-corrected chi connectivity index (χ1v) is 10.00. The molecule has 2 aliphatic rings. The molecule has 0 radical (unpaired) electrons. The van der Waals surface area contributed by atoms with Gasteiger partial charge in [-0.1, -0.05) is 30.4 Å². The normalized spacial score (nSPS) is 30.8. The molecule has 4 atom stereocenters. The molecule has 29 heavy (non-hydrogen) atoms. The summed E-state index contributed by atoms with van der Waals surface area (Å²) in [5, 5.41) is 21.2. The van der Waals surface area contributed by atoms with Gasteiger partial charge in [-0.15, -0.1) is 0 Å². The highest BCUT2D eigenvalue weighted by molar-refractivity contribution is 5.97. The maximum atomic E-state index is 12.8. The van der Waals surface area contributed by atoms with Crippen molar-refractivity contribution in [2.24, 2.45) is 0 Å². The topological polar surface area (TPSA) is 85.2 Å². The zero-order valence-electron chi connectivity index (χ0n) is 17.6. The summed E-state index contributed by atoms with van der Waals surface area (Å²) < 4.78 is 17.4. The summed E-state index contributed by atoms with van der Waals surface area (Å²) in [7, 11) is 0. The first kappa shape index (κ1) is 21.6. The molecule has 0 aromatic heterocycles. The van der Waals surface area contributed by atoms with E-state index in [9.17, 15) is 15.0 Å². The van der Waals surface area contributed by atoms with E-state index in [0.717, 1.165) is 5.56 Å². The van der Waals surface area contributed by atoms with E-state index in [1.165, 1.54) is 0 Å². The number of cyclic esters (lactones) is 1. The predicted octanol–water partition coefficient (Wildman–Crippen LogP) is 3.80. The minimum Gasteiger partial charge on any atom is -0.507 e. The van der Waals surface area contributed by atoms with Crippen molar-refractivity contribution in [2.45, 2.75) is 77.7 Å². The van der Waals surface area contributed by atoms with E-state index in [-0.39, 0.29) is 17.4 Å². The van der Waals surface area contributed by atoms with E-state index < -0.39 is 30.1 Å². The predicted molar refractivity (Wildman–Crippen MR) is 110 cm³/mol. The Morgan fingerprint density at radius 2 is 1.86 bits per heavy atom. The van der Waals surface area contributed by atoms with Gasteiger partial charge in [-0.05, 0) is 57.7 Å². The van der Waals surface area contributed by atoms with E-state index in [1.807, 2.05) is 32.9 Å². The highest BCUT2D eigenvalue weighted by Gasteiger charge is 2.43. The van der Waals surface area contributed by atoms with Gasteiger partial charge >= 0.3 is 5.97 Å². The lowest BCUT2D eigenvalue weighted by Crippen LogP contribution is -2.34. The van der Waals surface area contributed by atoms with Crippen molar-refractivity contribution < 1.29 is 29.2 Å². The van der Waals surface area contributed by atoms with Crippen LogP contribution < -0.4 is 0 Å². The Bertz CT molecular complexity index is 838. The minimum atomic E-state index is -0.831. The van der Waals surface area contributed by atoms with Crippen molar-refractivity contribution >= 4 is 12.0 Å². The molecule has 0 spiro atoms. The largest absolute Gasteiger partial charge is 0.507 e. The number of carbonyl (C=O) groups excluding carboxylic acids is 1. The molecule has 6 nitrogen and oxygen atoms in total. The van der Waals surface area contributed by atoms with Gasteiger partial charge < -0.3 is 24.4 Å². The molecule has 1 aromatic rings. The molecule has 2 aliphatic heterocycles. The molecule has 0 saturated carbocycles. The maximum absolute atomic E-state index is 12.8. The number of aliphatic hydroxyl groups is 1. The molecule has 0 bridgehead atoms. The Kier molecular flexibility index (Phi) is 6.17. The van der Waals surface area contributed by atoms with E-state index in [0.29, 0.717) is 24.0 Å². The van der Waals surface area contributed by atoms with E-state index in [4.69, 9.17) is 14.2 Å². The second-order valence-electron chi connectivity index (χ2n) is 8.28. The zero-order valence-corrected chi connectivity index (χ0v) is 17.6. The summed E-state index contributed by atoms with van der Waals surface area (Å²) in [4.78, 5) is 12.8. The van der Waals surface area contributed by atoms with E-state index in [1.54, 1.807) is 32.1 Å². The van der Waals surface area contributed by atoms with Crippen molar-refractivity contribution in [3.8, 4) is 5.75 Å². The number of fused-ring (bicyclic) bond motifs is 2. The first-order valence-electron chi connectivity index (χ1n) is 10.00. The standard InChI is InChI=1S/C23H30O6/c1-13-12-16-9-7-11-18-21(29-23(4,5)28-18)17(24)10-6-8-14(2)27-22(26)19(16)20(25)15(13)3/h6-7,9-10,12,14,17-18,21,24-25H,8,11H2,1-5H3/b9-7?,10-6-/t14-,17?,18-,21+/m0/s1. The molecule has 158 valence electrons. The van der Waals surface area contributed by atoms with Gasteiger partial charge in [-0.3, -0.25) is 0 Å². The fourth-order valence-electron chi connectivity index (χ4n) is 3.74. The van der Waals surface area contributed by atoms with Crippen LogP contribution in [0.1, 0.15) is 60.7 Å². The Morgan fingerprint density at radius 1 is 1.14 bits per heavy atom. The third kappa shape index (κ3) is 4.71. The molecule has 2 heterocycles. The van der Waals surface area contributed by atoms with Gasteiger partial charge in [0.1, 0.15) is 29.6 Å². The van der Waals surface area contributed by atoms with Crippen LogP contribution >= 0.6 is 0 Å². The number of hydrogen-bond acceptors (Lipinski definition) is 6. The van der Waals surface area contributed by atoms with E-state index >= 15 is 0 Å². The van der Waals surface area contributed by atoms with Gasteiger partial charge in [-0.25, -0.2) is 4.79 Å². The van der Waals surface area contributed by atoms with Crippen molar-refractivity contribution in [1.82, 2.24) is 0 Å². The lowest BCUT2D eigenvalue weighted by molar-refractivity contribution is -0.152. The monoisotopic (exact) mass is 402 g/mol. The molecular weight excluding hydrogens is 372 g/mol. The fourth-order valence-corrected chi connectivity index (χ4v) is 3.74. The third-order valence-electron chi connectivity index (χ3n) is 5.38. The smallest absolute Gasteiger partial charge is 0.342 e. The Morgan fingerprint density at radius 3 is 2.59 bits per heavy atom. The maximum Gasteiger partial charge on any atom is 0.342 e. The molecule has 1 saturated heterocycles. The second-order valence-corrected chi connectivity index (χ2v) is 8.28. The molecule has 2 N–H and O–H groups in total. The lowest BCUT2D eigenvalue weighted by atomic mass is 9.96. The van der Waals surface area contributed by atoms with E-state index in [2.05, 4.69) is 0 Å². The van der Waals surface area contributed by atoms with Gasteiger partial charge in [-0.2, -0.15) is 0 Å². The summed E-state index contributed by atoms with van der Waals surface area (Å²) in [6.07, 6.45) is 5.91. The van der Waals surface area contributed by atoms with Crippen LogP contribution in [0, 0.1) is 13.8 Å². The summed E-state index contributed by atoms with van der Waals surface area (Å²) in [5.41, 5.74) is 2.29. The number of ether oxygens (including phenoxy) is 3. The summed E-state index contributed by atoms with van der Waals surface area (Å²) in [5.74, 6) is -1.41. The number of phenols is 1. The van der Waals surface area contributed by atoms with Crippen LogP contribution in [0.15, 0.2) is 24.3 Å². The summed E-state index contributed by atoms with van der Waals surface area (Å²) in [6, 6.07) is 1.86. The number of hydrogen-bond donors (Lipinski definition) is 2. The van der Waals surface area contributed by atoms with Crippen LogP contribution in [-0.2, 0) is 14.2 Å². The second kappa shape index (κ2) is 8.30. The highest BCUT2D eigenvalue weighted by Crippen LogP contribution is 2.34. The Balaban J connectivity index is 2.01. The number of aromatic hydroxyl groups is 1. The SMILES string of the molecule is Cc1cc2c(c(O)c1C)C(=O)O[C@@H](C)C/C=C\C(O)[C@H]1OC(C)(C)O[C@H]1CC=C2. The number of carbonyl (C=O) groups is 1. The zero-order chi connectivity index (χ0) is 21.3. The molecule has 6 heteroatoms. The number of aryl methyl sites for hydroxylation is 1. The van der Waals surface area contributed by atoms with Crippen LogP contribution in [-0.4, -0.2) is 46.4 Å². The Labute approximate surface area is 171 Å². The van der Waals surface area contributed by atoms with Crippen molar-refractivity contribution in [1.29, 1.82) is 0 Å². The molecule has 0 amide bonds. The van der Waals surface area contributed by atoms with Crippen molar-refractivity contribution in [3.63, 3.8) is 0 Å². The van der Waals surface area contributed by atoms with Crippen molar-refractivity contribution in [3.05, 3.63) is 46.5 Å². The molecule has 1 aromatic carbocycles. The number of benzene rings is 1. The average molecular weight is 402 g/mol. The first-order chi connectivity index (χ1) is 13.6. The van der Waals surface area contributed by atoms with Gasteiger partial charge in [0, 0.05) is 6.42 Å². The van der Waals surface area contributed by atoms with Gasteiger partial charge in [0.05, 0.1) is 6.10 Å². The van der Waals surface area contributed by atoms with Crippen molar-refractivity contribution in [2.75, 3.05) is 0 Å². The van der Waals surface area contributed by atoms with Crippen LogP contribution in [0.4, 0.5) is 0 Å². The van der Waals surface area contributed by atoms with Crippen LogP contribution in [0.5, 0.6) is 5.75 Å². The fraction of sp³-hybridized carbons (Fsp3) is 0.522. The summed E-state index contributed by atoms with van der Waals surface area (Å²) in [6.45, 7) is 9.08. The number of phenolic OH excluding ortho intramolecular Hbond substituents is 1. The number of rotatable bonds is 0. The van der Waals surface area contributed by atoms with Gasteiger partial charge in [0.25, 0.3) is 0 Å². The number of aliphatic hydroxyl groups excluding tert-OH is 1. The molecule has 0 aliphatic carbocycles. The van der Waals surface area contributed by atoms with Crippen LogP contribution in [0.3, 0.4) is 0 Å². The van der Waals surface area contributed by atoms with Gasteiger partial charge in [0.15, 0.2) is 5.79 Å². The molecule has 1 unspecified atom stereocenters. The van der Waals surface area contributed by atoms with Gasteiger partial charge in [0.2, 0.25) is 0 Å². The molecular formula is C23H30O6. The lowest BCUT2D eigenvalue weighted by Gasteiger charge is -2.20. The molecule has 1 fully saturated rings. The Hall–Kier alpha value is -2.15. The van der Waals surface area contributed by atoms with Crippen LogP contribution in [0.2, 0.25) is 0 Å². The number of esters is 1. The average Bonchev–Trinajstić information content (AvgIpc) is 2.93. The highest BCUT2D eigenvalue weighted by atomic mass is 16.8. The minimum absolute atomic E-state index is 0.0561. The molecule has 3 rings (SSSR count).